The molecule has 0 spiro atoms. The second kappa shape index (κ2) is 8.48. The number of nitrogens with one attached hydrogen (secondary N) is 1. The van der Waals surface area contributed by atoms with Gasteiger partial charge in [0.05, 0.1) is 7.11 Å². The van der Waals surface area contributed by atoms with Crippen molar-refractivity contribution in [3.63, 3.8) is 0 Å². The lowest BCUT2D eigenvalue weighted by Gasteiger charge is -2.24. The molecule has 0 heterocycles. The lowest BCUT2D eigenvalue weighted by atomic mass is 9.92. The number of hydrogen-bond acceptors (Lipinski definition) is 4. The quantitative estimate of drug-likeness (QED) is 0.544. The third-order valence-electron chi connectivity index (χ3n) is 4.66. The van der Waals surface area contributed by atoms with Crippen molar-refractivity contribution in [1.82, 2.24) is 0 Å². The third kappa shape index (κ3) is 4.09. The van der Waals surface area contributed by atoms with E-state index in [2.05, 4.69) is 11.9 Å². The number of fused-ring (bicyclic) bond motifs is 1. The summed E-state index contributed by atoms with van der Waals surface area (Å²) in [5.74, 6) is 0.759. The summed E-state index contributed by atoms with van der Waals surface area (Å²) < 4.78 is 10.9. The summed E-state index contributed by atoms with van der Waals surface area (Å²) in [4.78, 5) is 12.5. The largest absolute Gasteiger partial charge is 0.507 e. The van der Waals surface area contributed by atoms with Gasteiger partial charge in [-0.25, -0.2) is 4.79 Å². The van der Waals surface area contributed by atoms with Crippen molar-refractivity contribution in [2.24, 2.45) is 5.92 Å². The maximum Gasteiger partial charge on any atom is 0.412 e. The Bertz CT molecular complexity index is 982. The van der Waals surface area contributed by atoms with Crippen LogP contribution in [0.5, 0.6) is 11.5 Å². The number of amides is 1. The zero-order valence-electron chi connectivity index (χ0n) is 15.9. The Morgan fingerprint density at radius 3 is 2.39 bits per heavy atom. The highest BCUT2D eigenvalue weighted by molar-refractivity contribution is 5.91. The summed E-state index contributed by atoms with van der Waals surface area (Å²) in [6, 6.07) is 17.9. The second-order valence-electron chi connectivity index (χ2n) is 6.49. The highest BCUT2D eigenvalue weighted by Crippen LogP contribution is 2.36. The van der Waals surface area contributed by atoms with E-state index in [1.54, 1.807) is 49.6 Å². The van der Waals surface area contributed by atoms with Gasteiger partial charge in [-0.15, -0.1) is 6.58 Å². The van der Waals surface area contributed by atoms with Crippen molar-refractivity contribution in [3.8, 4) is 11.5 Å². The number of anilines is 1. The summed E-state index contributed by atoms with van der Waals surface area (Å²) in [6.07, 6.45) is 0.620. The monoisotopic (exact) mass is 377 g/mol. The first-order valence-corrected chi connectivity index (χ1v) is 8.98. The minimum atomic E-state index is -0.568. The fourth-order valence-corrected chi connectivity index (χ4v) is 3.07. The molecule has 0 aliphatic carbocycles. The molecule has 2 atom stereocenters. The summed E-state index contributed by atoms with van der Waals surface area (Å²) in [7, 11) is 1.58. The van der Waals surface area contributed by atoms with Crippen LogP contribution >= 0.6 is 0 Å². The minimum Gasteiger partial charge on any atom is -0.507 e. The van der Waals surface area contributed by atoms with E-state index in [0.29, 0.717) is 16.8 Å². The molecule has 0 aromatic heterocycles. The molecule has 0 fully saturated rings. The number of aromatic hydroxyl groups is 1. The average Bonchev–Trinajstić information content (AvgIpc) is 2.73. The molecular formula is C23H23NO4. The number of hydrogen-bond donors (Lipinski definition) is 2. The normalized spacial score (nSPS) is 12.8. The molecule has 1 amide bonds. The van der Waals surface area contributed by atoms with E-state index in [9.17, 15) is 9.90 Å². The zero-order valence-corrected chi connectivity index (χ0v) is 15.9. The molecule has 3 aromatic rings. The fraction of sp³-hybridized carbons (Fsp3) is 0.174. The van der Waals surface area contributed by atoms with Gasteiger partial charge >= 0.3 is 6.09 Å². The van der Waals surface area contributed by atoms with Gasteiger partial charge in [0, 0.05) is 22.6 Å². The SMILES string of the molecule is C=C[C@H](C)[C@@H](OC(=O)Nc1ccc(OC)cc1)c1ccc(O)c2ccccc12. The lowest BCUT2D eigenvalue weighted by Crippen LogP contribution is -2.21. The Kier molecular flexibility index (Phi) is 5.84. The van der Waals surface area contributed by atoms with Gasteiger partial charge in [0.2, 0.25) is 0 Å². The summed E-state index contributed by atoms with van der Waals surface area (Å²) in [6.45, 7) is 5.77. The molecule has 28 heavy (non-hydrogen) atoms. The van der Waals surface area contributed by atoms with Crippen LogP contribution in [0.25, 0.3) is 10.8 Å². The van der Waals surface area contributed by atoms with Gasteiger partial charge in [0.1, 0.15) is 17.6 Å². The number of ether oxygens (including phenoxy) is 2. The van der Waals surface area contributed by atoms with Crippen molar-refractivity contribution < 1.29 is 19.4 Å². The molecule has 0 aliphatic heterocycles. The smallest absolute Gasteiger partial charge is 0.412 e. The minimum absolute atomic E-state index is 0.130. The van der Waals surface area contributed by atoms with Gasteiger partial charge in [-0.3, -0.25) is 5.32 Å². The Hall–Kier alpha value is -3.47. The third-order valence-corrected chi connectivity index (χ3v) is 4.66. The van der Waals surface area contributed by atoms with E-state index in [4.69, 9.17) is 9.47 Å². The van der Waals surface area contributed by atoms with Crippen LogP contribution in [0.1, 0.15) is 18.6 Å². The molecule has 0 aliphatic rings. The predicted octanol–water partition coefficient (Wildman–Crippen LogP) is 5.67. The van der Waals surface area contributed by atoms with Gasteiger partial charge in [0.25, 0.3) is 0 Å². The predicted molar refractivity (Wildman–Crippen MR) is 111 cm³/mol. The first-order valence-electron chi connectivity index (χ1n) is 8.98. The molecular weight excluding hydrogens is 354 g/mol. The van der Waals surface area contributed by atoms with E-state index in [-0.39, 0.29) is 11.7 Å². The first-order chi connectivity index (χ1) is 13.5. The van der Waals surface area contributed by atoms with Crippen LogP contribution in [0.2, 0.25) is 0 Å². The van der Waals surface area contributed by atoms with Crippen LogP contribution in [-0.4, -0.2) is 18.3 Å². The Morgan fingerprint density at radius 1 is 1.07 bits per heavy atom. The molecule has 0 saturated carbocycles. The maximum atomic E-state index is 12.5. The Morgan fingerprint density at radius 2 is 1.75 bits per heavy atom. The topological polar surface area (TPSA) is 67.8 Å². The zero-order chi connectivity index (χ0) is 20.1. The van der Waals surface area contributed by atoms with Crippen molar-refractivity contribution >= 4 is 22.6 Å². The van der Waals surface area contributed by atoms with E-state index in [0.717, 1.165) is 10.9 Å². The number of rotatable bonds is 6. The molecule has 5 heteroatoms. The molecule has 5 nitrogen and oxygen atoms in total. The van der Waals surface area contributed by atoms with Crippen LogP contribution in [0.15, 0.2) is 73.3 Å². The van der Waals surface area contributed by atoms with Crippen LogP contribution < -0.4 is 10.1 Å². The maximum absolute atomic E-state index is 12.5. The number of methoxy groups -OCH3 is 1. The van der Waals surface area contributed by atoms with Gasteiger partial charge in [-0.2, -0.15) is 0 Å². The Balaban J connectivity index is 1.88. The molecule has 0 radical (unpaired) electrons. The average molecular weight is 377 g/mol. The number of carbonyl (C=O) groups excluding carboxylic acids is 1. The van der Waals surface area contributed by atoms with E-state index >= 15 is 0 Å². The fourth-order valence-electron chi connectivity index (χ4n) is 3.07. The molecule has 2 N–H and O–H groups in total. The van der Waals surface area contributed by atoms with E-state index < -0.39 is 12.2 Å². The standard InChI is InChI=1S/C23H23NO4/c1-4-15(2)22(20-13-14-21(25)19-8-6-5-7-18(19)20)28-23(26)24-16-9-11-17(27-3)12-10-16/h4-15,22,25H,1H2,2-3H3,(H,24,26)/t15-,22+/m0/s1. The van der Waals surface area contributed by atoms with Crippen LogP contribution in [0.4, 0.5) is 10.5 Å². The number of phenols is 1. The molecule has 0 unspecified atom stereocenters. The molecule has 0 saturated heterocycles. The van der Waals surface area contributed by atoms with Gasteiger partial charge in [0.15, 0.2) is 0 Å². The van der Waals surface area contributed by atoms with E-state index in [1.165, 1.54) is 0 Å². The lowest BCUT2D eigenvalue weighted by molar-refractivity contribution is 0.0906. The van der Waals surface area contributed by atoms with Crippen molar-refractivity contribution in [3.05, 3.63) is 78.9 Å². The molecule has 0 bridgehead atoms. The molecule has 144 valence electrons. The highest BCUT2D eigenvalue weighted by Gasteiger charge is 2.24. The van der Waals surface area contributed by atoms with Crippen LogP contribution in [0, 0.1) is 5.92 Å². The summed E-state index contributed by atoms with van der Waals surface area (Å²) in [5, 5.41) is 14.4. The highest BCUT2D eigenvalue weighted by atomic mass is 16.6. The van der Waals surface area contributed by atoms with Crippen molar-refractivity contribution in [2.45, 2.75) is 13.0 Å². The van der Waals surface area contributed by atoms with Crippen LogP contribution in [0.3, 0.4) is 0 Å². The second-order valence-corrected chi connectivity index (χ2v) is 6.49. The number of phenolic OH excluding ortho intramolecular Hbond substituents is 1. The van der Waals surface area contributed by atoms with Crippen molar-refractivity contribution in [1.29, 1.82) is 0 Å². The van der Waals surface area contributed by atoms with Crippen LogP contribution in [-0.2, 0) is 4.74 Å². The number of benzene rings is 3. The van der Waals surface area contributed by atoms with Gasteiger partial charge in [-0.1, -0.05) is 43.3 Å². The van der Waals surface area contributed by atoms with E-state index in [1.807, 2.05) is 31.2 Å². The number of carbonyl (C=O) groups is 1. The molecule has 3 aromatic carbocycles. The molecule has 3 rings (SSSR count). The van der Waals surface area contributed by atoms with Gasteiger partial charge in [-0.05, 0) is 35.7 Å². The summed E-state index contributed by atoms with van der Waals surface area (Å²) >= 11 is 0. The Labute approximate surface area is 164 Å². The first kappa shape index (κ1) is 19.3. The summed E-state index contributed by atoms with van der Waals surface area (Å²) in [5.41, 5.74) is 1.41. The van der Waals surface area contributed by atoms with Gasteiger partial charge < -0.3 is 14.6 Å². The van der Waals surface area contributed by atoms with Crippen molar-refractivity contribution in [2.75, 3.05) is 12.4 Å².